The number of sulfonamides is 1. The van der Waals surface area contributed by atoms with Crippen molar-refractivity contribution in [3.8, 4) is 0 Å². The lowest BCUT2D eigenvalue weighted by atomic mass is 10.2. The number of methoxy groups -OCH3 is 1. The molecule has 0 aliphatic heterocycles. The molecule has 0 N–H and O–H groups in total. The SMILES string of the molecule is COC(=O)C(C)CN(C)S(=O)(=O)CC1CC1. The molecule has 1 saturated carbocycles. The van der Waals surface area contributed by atoms with E-state index in [2.05, 4.69) is 4.74 Å². The van der Waals surface area contributed by atoms with E-state index in [0.29, 0.717) is 5.92 Å². The number of hydrogen-bond acceptors (Lipinski definition) is 4. The molecule has 5 nitrogen and oxygen atoms in total. The Kier molecular flexibility index (Phi) is 4.32. The Balaban J connectivity index is 2.49. The first-order valence-electron chi connectivity index (χ1n) is 5.38. The van der Waals surface area contributed by atoms with Crippen LogP contribution in [0.1, 0.15) is 19.8 Å². The highest BCUT2D eigenvalue weighted by Crippen LogP contribution is 2.31. The second-order valence-corrected chi connectivity index (χ2v) is 6.55. The van der Waals surface area contributed by atoms with Crippen molar-refractivity contribution in [1.29, 1.82) is 0 Å². The van der Waals surface area contributed by atoms with Crippen LogP contribution in [0, 0.1) is 11.8 Å². The van der Waals surface area contributed by atoms with Gasteiger partial charge in [-0.15, -0.1) is 0 Å². The van der Waals surface area contributed by atoms with E-state index < -0.39 is 15.9 Å². The van der Waals surface area contributed by atoms with E-state index in [0.717, 1.165) is 12.8 Å². The molecule has 94 valence electrons. The van der Waals surface area contributed by atoms with E-state index in [1.165, 1.54) is 18.5 Å². The molecular weight excluding hydrogens is 230 g/mol. The van der Waals surface area contributed by atoms with Crippen LogP contribution in [0.15, 0.2) is 0 Å². The number of esters is 1. The van der Waals surface area contributed by atoms with Crippen molar-refractivity contribution >= 4 is 16.0 Å². The highest BCUT2D eigenvalue weighted by atomic mass is 32.2. The molecule has 16 heavy (non-hydrogen) atoms. The molecule has 0 heterocycles. The van der Waals surface area contributed by atoms with Gasteiger partial charge in [-0.1, -0.05) is 6.92 Å². The number of carbonyl (C=O) groups is 1. The van der Waals surface area contributed by atoms with E-state index in [-0.39, 0.29) is 18.3 Å². The van der Waals surface area contributed by atoms with Crippen molar-refractivity contribution in [2.75, 3.05) is 26.5 Å². The van der Waals surface area contributed by atoms with Crippen molar-refractivity contribution in [3.63, 3.8) is 0 Å². The van der Waals surface area contributed by atoms with Crippen LogP contribution in [0.25, 0.3) is 0 Å². The standard InChI is InChI=1S/C10H19NO4S/c1-8(10(12)15-3)6-11(2)16(13,14)7-9-4-5-9/h8-9H,4-7H2,1-3H3. The number of hydrogen-bond donors (Lipinski definition) is 0. The topological polar surface area (TPSA) is 63.7 Å². The number of rotatable bonds is 6. The van der Waals surface area contributed by atoms with E-state index >= 15 is 0 Å². The van der Waals surface area contributed by atoms with Gasteiger partial charge in [0.15, 0.2) is 0 Å². The van der Waals surface area contributed by atoms with Gasteiger partial charge in [0, 0.05) is 13.6 Å². The molecule has 1 unspecified atom stereocenters. The van der Waals surface area contributed by atoms with E-state index in [4.69, 9.17) is 0 Å². The van der Waals surface area contributed by atoms with E-state index in [9.17, 15) is 13.2 Å². The van der Waals surface area contributed by atoms with Gasteiger partial charge in [-0.2, -0.15) is 0 Å². The summed E-state index contributed by atoms with van der Waals surface area (Å²) in [6.45, 7) is 1.84. The molecule has 0 bridgehead atoms. The smallest absolute Gasteiger partial charge is 0.309 e. The molecule has 0 amide bonds. The normalized spacial score (nSPS) is 18.5. The average Bonchev–Trinajstić information content (AvgIpc) is 2.99. The first kappa shape index (κ1) is 13.4. The highest BCUT2D eigenvalue weighted by molar-refractivity contribution is 7.89. The lowest BCUT2D eigenvalue weighted by molar-refractivity contribution is -0.144. The van der Waals surface area contributed by atoms with Gasteiger partial charge in [0.25, 0.3) is 0 Å². The van der Waals surface area contributed by atoms with Crippen LogP contribution in [-0.2, 0) is 19.6 Å². The minimum Gasteiger partial charge on any atom is -0.469 e. The second-order valence-electron chi connectivity index (χ2n) is 4.43. The summed E-state index contributed by atoms with van der Waals surface area (Å²) in [5, 5.41) is 0. The van der Waals surface area contributed by atoms with Crippen molar-refractivity contribution in [3.05, 3.63) is 0 Å². The maximum absolute atomic E-state index is 11.8. The quantitative estimate of drug-likeness (QED) is 0.642. The van der Waals surface area contributed by atoms with Crippen LogP contribution in [0.3, 0.4) is 0 Å². The van der Waals surface area contributed by atoms with Crippen molar-refractivity contribution in [2.45, 2.75) is 19.8 Å². The Hall–Kier alpha value is -0.620. The Bertz CT molecular complexity index is 348. The maximum Gasteiger partial charge on any atom is 0.309 e. The molecule has 0 spiro atoms. The summed E-state index contributed by atoms with van der Waals surface area (Å²) in [7, 11) is -0.394. The zero-order chi connectivity index (χ0) is 12.3. The van der Waals surface area contributed by atoms with Gasteiger partial charge < -0.3 is 4.74 Å². The fraction of sp³-hybridized carbons (Fsp3) is 0.900. The fourth-order valence-corrected chi connectivity index (χ4v) is 3.12. The van der Waals surface area contributed by atoms with Crippen molar-refractivity contribution in [2.24, 2.45) is 11.8 Å². The molecule has 0 aromatic heterocycles. The zero-order valence-corrected chi connectivity index (χ0v) is 10.8. The summed E-state index contributed by atoms with van der Waals surface area (Å²) in [6.07, 6.45) is 2.00. The minimum atomic E-state index is -3.21. The third kappa shape index (κ3) is 3.75. The number of nitrogens with zero attached hydrogens (tertiary/aromatic N) is 1. The first-order valence-corrected chi connectivity index (χ1v) is 6.99. The lowest BCUT2D eigenvalue weighted by Gasteiger charge is -2.19. The summed E-state index contributed by atoms with van der Waals surface area (Å²) < 4.78 is 29.4. The van der Waals surface area contributed by atoms with Gasteiger partial charge in [-0.05, 0) is 18.8 Å². The molecule has 1 aliphatic rings. The number of carbonyl (C=O) groups excluding carboxylic acids is 1. The van der Waals surface area contributed by atoms with Crippen LogP contribution in [0.4, 0.5) is 0 Å². The highest BCUT2D eigenvalue weighted by Gasteiger charge is 2.31. The van der Waals surface area contributed by atoms with Gasteiger partial charge in [-0.25, -0.2) is 12.7 Å². The summed E-state index contributed by atoms with van der Waals surface area (Å²) >= 11 is 0. The largest absolute Gasteiger partial charge is 0.469 e. The molecule has 1 atom stereocenters. The second kappa shape index (κ2) is 5.14. The van der Waals surface area contributed by atoms with E-state index in [1.54, 1.807) is 6.92 Å². The van der Waals surface area contributed by atoms with Crippen LogP contribution < -0.4 is 0 Å². The summed E-state index contributed by atoms with van der Waals surface area (Å²) in [5.41, 5.74) is 0. The summed E-state index contributed by atoms with van der Waals surface area (Å²) in [5.74, 6) is -0.282. The van der Waals surface area contributed by atoms with Crippen LogP contribution in [-0.4, -0.2) is 45.1 Å². The van der Waals surface area contributed by atoms with Crippen molar-refractivity contribution < 1.29 is 17.9 Å². The van der Waals surface area contributed by atoms with Gasteiger partial charge in [0.2, 0.25) is 10.0 Å². The first-order chi connectivity index (χ1) is 7.36. The average molecular weight is 249 g/mol. The molecular formula is C10H19NO4S. The maximum atomic E-state index is 11.8. The van der Waals surface area contributed by atoms with Gasteiger partial charge in [0.05, 0.1) is 18.8 Å². The molecule has 0 saturated heterocycles. The Labute approximate surface area is 96.8 Å². The predicted octanol–water partition coefficient (Wildman–Crippen LogP) is 0.467. The van der Waals surface area contributed by atoms with Crippen LogP contribution in [0.2, 0.25) is 0 Å². The molecule has 1 rings (SSSR count). The fourth-order valence-electron chi connectivity index (χ4n) is 1.48. The van der Waals surface area contributed by atoms with Gasteiger partial charge in [0.1, 0.15) is 0 Å². The summed E-state index contributed by atoms with van der Waals surface area (Å²) in [6, 6.07) is 0. The molecule has 0 radical (unpaired) electrons. The van der Waals surface area contributed by atoms with Crippen LogP contribution in [0.5, 0.6) is 0 Å². The van der Waals surface area contributed by atoms with Crippen LogP contribution >= 0.6 is 0 Å². The third-order valence-corrected chi connectivity index (χ3v) is 4.74. The minimum absolute atomic E-state index is 0.182. The predicted molar refractivity (Wildman–Crippen MR) is 60.3 cm³/mol. The Morgan fingerprint density at radius 2 is 2.06 bits per heavy atom. The Morgan fingerprint density at radius 1 is 1.50 bits per heavy atom. The third-order valence-electron chi connectivity index (χ3n) is 2.75. The lowest BCUT2D eigenvalue weighted by Crippen LogP contribution is -2.36. The van der Waals surface area contributed by atoms with Gasteiger partial charge >= 0.3 is 5.97 Å². The number of ether oxygens (including phenoxy) is 1. The molecule has 0 aromatic carbocycles. The Morgan fingerprint density at radius 3 is 2.50 bits per heavy atom. The molecule has 6 heteroatoms. The van der Waals surface area contributed by atoms with E-state index in [1.807, 2.05) is 0 Å². The monoisotopic (exact) mass is 249 g/mol. The summed E-state index contributed by atoms with van der Waals surface area (Å²) in [4.78, 5) is 11.2. The molecule has 1 aliphatic carbocycles. The molecule has 1 fully saturated rings. The molecule has 0 aromatic rings. The van der Waals surface area contributed by atoms with Gasteiger partial charge in [-0.3, -0.25) is 4.79 Å². The zero-order valence-electron chi connectivity index (χ0n) is 9.97. The van der Waals surface area contributed by atoms with Crippen molar-refractivity contribution in [1.82, 2.24) is 4.31 Å².